The predicted octanol–water partition coefficient (Wildman–Crippen LogP) is 0.784. The highest BCUT2D eigenvalue weighted by Crippen LogP contribution is 2.09. The highest BCUT2D eigenvalue weighted by Gasteiger charge is 2.20. The van der Waals surface area contributed by atoms with Gasteiger partial charge in [0.25, 0.3) is 0 Å². The van der Waals surface area contributed by atoms with Crippen molar-refractivity contribution in [1.29, 1.82) is 0 Å². The predicted molar refractivity (Wildman–Crippen MR) is 62.1 cm³/mol. The number of nitrogens with two attached hydrogens (primary N) is 1. The third-order valence-corrected chi connectivity index (χ3v) is 2.47. The molecule has 1 rings (SSSR count). The largest absolute Gasteiger partial charge is 0.381 e. The van der Waals surface area contributed by atoms with Gasteiger partial charge in [0.1, 0.15) is 0 Å². The van der Waals surface area contributed by atoms with E-state index in [0.717, 1.165) is 19.4 Å². The molecule has 1 amide bonds. The molecule has 15 heavy (non-hydrogen) atoms. The zero-order valence-corrected chi connectivity index (χ0v) is 10.1. The summed E-state index contributed by atoms with van der Waals surface area (Å²) in [6, 6.07) is 0.166. The Morgan fingerprint density at radius 1 is 1.60 bits per heavy atom. The molecule has 1 aliphatic rings. The Labute approximate surface area is 97.5 Å². The van der Waals surface area contributed by atoms with Crippen LogP contribution in [-0.4, -0.2) is 43.2 Å². The second-order valence-electron chi connectivity index (χ2n) is 3.69. The molecule has 1 aliphatic heterocycles. The van der Waals surface area contributed by atoms with E-state index < -0.39 is 0 Å². The molecule has 0 aromatic rings. The van der Waals surface area contributed by atoms with Crippen LogP contribution in [-0.2, 0) is 9.53 Å². The summed E-state index contributed by atoms with van der Waals surface area (Å²) >= 11 is 0. The lowest BCUT2D eigenvalue weighted by atomic mass is 10.1. The van der Waals surface area contributed by atoms with Crippen LogP contribution < -0.4 is 5.73 Å². The van der Waals surface area contributed by atoms with Gasteiger partial charge in [0, 0.05) is 25.7 Å². The quantitative estimate of drug-likeness (QED) is 0.735. The van der Waals surface area contributed by atoms with E-state index in [2.05, 4.69) is 0 Å². The smallest absolute Gasteiger partial charge is 0.224 e. The van der Waals surface area contributed by atoms with Crippen LogP contribution in [0, 0.1) is 0 Å². The molecule has 0 unspecified atom stereocenters. The van der Waals surface area contributed by atoms with Gasteiger partial charge in [-0.05, 0) is 19.8 Å². The molecule has 0 aromatic heterocycles. The molecule has 1 heterocycles. The SMILES string of the molecule is CCOCCC(=O)N1CCC[C@@H](N)C1.Cl. The highest BCUT2D eigenvalue weighted by atomic mass is 35.5. The van der Waals surface area contributed by atoms with Crippen molar-refractivity contribution in [2.75, 3.05) is 26.3 Å². The molecular weight excluding hydrogens is 216 g/mol. The van der Waals surface area contributed by atoms with Crippen LogP contribution in [0.2, 0.25) is 0 Å². The first-order valence-electron chi connectivity index (χ1n) is 5.35. The highest BCUT2D eigenvalue weighted by molar-refractivity contribution is 5.85. The first-order chi connectivity index (χ1) is 6.74. The number of carbonyl (C=O) groups is 1. The minimum atomic E-state index is 0. The number of likely N-dealkylation sites (tertiary alicyclic amines) is 1. The van der Waals surface area contributed by atoms with Gasteiger partial charge in [-0.1, -0.05) is 0 Å². The molecular formula is C10H21ClN2O2. The molecule has 0 saturated carbocycles. The van der Waals surface area contributed by atoms with Crippen molar-refractivity contribution >= 4 is 18.3 Å². The summed E-state index contributed by atoms with van der Waals surface area (Å²) in [5.41, 5.74) is 5.79. The summed E-state index contributed by atoms with van der Waals surface area (Å²) in [6.07, 6.45) is 2.55. The second kappa shape index (κ2) is 7.91. The van der Waals surface area contributed by atoms with E-state index in [0.29, 0.717) is 26.2 Å². The van der Waals surface area contributed by atoms with E-state index >= 15 is 0 Å². The number of hydrogen-bond acceptors (Lipinski definition) is 3. The Morgan fingerprint density at radius 3 is 2.93 bits per heavy atom. The molecule has 0 bridgehead atoms. The Kier molecular flexibility index (Phi) is 7.74. The van der Waals surface area contributed by atoms with Gasteiger partial charge in [0.2, 0.25) is 5.91 Å². The molecule has 5 heteroatoms. The van der Waals surface area contributed by atoms with E-state index in [4.69, 9.17) is 10.5 Å². The van der Waals surface area contributed by atoms with Gasteiger partial charge >= 0.3 is 0 Å². The van der Waals surface area contributed by atoms with Crippen LogP contribution >= 0.6 is 12.4 Å². The van der Waals surface area contributed by atoms with Crippen molar-refractivity contribution in [3.8, 4) is 0 Å². The van der Waals surface area contributed by atoms with Crippen molar-refractivity contribution in [1.82, 2.24) is 4.90 Å². The van der Waals surface area contributed by atoms with Gasteiger partial charge in [-0.25, -0.2) is 0 Å². The number of amides is 1. The van der Waals surface area contributed by atoms with E-state index in [1.165, 1.54) is 0 Å². The Bertz CT molecular complexity index is 190. The zero-order chi connectivity index (χ0) is 10.4. The van der Waals surface area contributed by atoms with Crippen LogP contribution in [0.15, 0.2) is 0 Å². The summed E-state index contributed by atoms with van der Waals surface area (Å²) in [6.45, 7) is 4.71. The second-order valence-corrected chi connectivity index (χ2v) is 3.69. The fraction of sp³-hybridized carbons (Fsp3) is 0.900. The molecule has 0 aliphatic carbocycles. The van der Waals surface area contributed by atoms with E-state index in [1.54, 1.807) is 0 Å². The first-order valence-corrected chi connectivity index (χ1v) is 5.35. The lowest BCUT2D eigenvalue weighted by molar-refractivity contribution is -0.133. The average molecular weight is 237 g/mol. The number of ether oxygens (including phenoxy) is 1. The van der Waals surface area contributed by atoms with E-state index in [-0.39, 0.29) is 24.4 Å². The molecule has 0 radical (unpaired) electrons. The maximum atomic E-state index is 11.6. The third kappa shape index (κ3) is 5.35. The summed E-state index contributed by atoms with van der Waals surface area (Å²) in [5, 5.41) is 0. The van der Waals surface area contributed by atoms with Gasteiger partial charge < -0.3 is 15.4 Å². The van der Waals surface area contributed by atoms with Crippen LogP contribution in [0.5, 0.6) is 0 Å². The van der Waals surface area contributed by atoms with Crippen molar-refractivity contribution in [3.63, 3.8) is 0 Å². The lowest BCUT2D eigenvalue weighted by Gasteiger charge is -2.30. The molecule has 0 aromatic carbocycles. The topological polar surface area (TPSA) is 55.6 Å². The van der Waals surface area contributed by atoms with Gasteiger partial charge in [0.15, 0.2) is 0 Å². The van der Waals surface area contributed by atoms with Crippen molar-refractivity contribution in [3.05, 3.63) is 0 Å². The summed E-state index contributed by atoms with van der Waals surface area (Å²) in [7, 11) is 0. The molecule has 4 nitrogen and oxygen atoms in total. The Hall–Kier alpha value is -0.320. The fourth-order valence-electron chi connectivity index (χ4n) is 1.70. The molecule has 1 atom stereocenters. The maximum Gasteiger partial charge on any atom is 0.224 e. The van der Waals surface area contributed by atoms with Crippen LogP contribution in [0.4, 0.5) is 0 Å². The third-order valence-electron chi connectivity index (χ3n) is 2.47. The Morgan fingerprint density at radius 2 is 2.33 bits per heavy atom. The summed E-state index contributed by atoms with van der Waals surface area (Å²) in [5.74, 6) is 0.175. The first kappa shape index (κ1) is 14.7. The minimum Gasteiger partial charge on any atom is -0.381 e. The van der Waals surface area contributed by atoms with Crippen LogP contribution in [0.3, 0.4) is 0 Å². The maximum absolute atomic E-state index is 11.6. The Balaban J connectivity index is 0.00000196. The summed E-state index contributed by atoms with van der Waals surface area (Å²) in [4.78, 5) is 13.5. The van der Waals surface area contributed by atoms with Crippen molar-refractivity contribution in [2.24, 2.45) is 5.73 Å². The molecule has 1 saturated heterocycles. The molecule has 2 N–H and O–H groups in total. The van der Waals surface area contributed by atoms with Crippen molar-refractivity contribution < 1.29 is 9.53 Å². The number of nitrogens with zero attached hydrogens (tertiary/aromatic N) is 1. The van der Waals surface area contributed by atoms with Crippen LogP contribution in [0.25, 0.3) is 0 Å². The number of rotatable bonds is 4. The van der Waals surface area contributed by atoms with Crippen LogP contribution in [0.1, 0.15) is 26.2 Å². The van der Waals surface area contributed by atoms with E-state index in [1.807, 2.05) is 11.8 Å². The van der Waals surface area contributed by atoms with Gasteiger partial charge in [-0.15, -0.1) is 12.4 Å². The zero-order valence-electron chi connectivity index (χ0n) is 9.28. The average Bonchev–Trinajstić information content (AvgIpc) is 2.18. The lowest BCUT2D eigenvalue weighted by Crippen LogP contribution is -2.45. The fourth-order valence-corrected chi connectivity index (χ4v) is 1.70. The standard InChI is InChI=1S/C10H20N2O2.ClH/c1-2-14-7-5-10(13)12-6-3-4-9(11)8-12;/h9H,2-8,11H2,1H3;1H/t9-;/m1./s1. The molecule has 1 fully saturated rings. The minimum absolute atomic E-state index is 0. The van der Waals surface area contributed by atoms with Gasteiger partial charge in [-0.3, -0.25) is 4.79 Å². The molecule has 0 spiro atoms. The van der Waals surface area contributed by atoms with Gasteiger partial charge in [0.05, 0.1) is 13.0 Å². The molecule has 90 valence electrons. The van der Waals surface area contributed by atoms with Gasteiger partial charge in [-0.2, -0.15) is 0 Å². The number of carbonyl (C=O) groups excluding carboxylic acids is 1. The van der Waals surface area contributed by atoms with Crippen molar-refractivity contribution in [2.45, 2.75) is 32.2 Å². The normalized spacial score (nSPS) is 20.9. The number of hydrogen-bond donors (Lipinski definition) is 1. The van der Waals surface area contributed by atoms with E-state index in [9.17, 15) is 4.79 Å². The summed E-state index contributed by atoms with van der Waals surface area (Å²) < 4.78 is 5.14. The number of halogens is 1. The number of piperidine rings is 1. The monoisotopic (exact) mass is 236 g/mol.